The number of carbonyl (C=O) groups excluding carboxylic acids is 2. The maximum Gasteiger partial charge on any atom is 0.236 e. The normalized spacial score (nSPS) is 13.2. The minimum Gasteiger partial charge on any atom is -0.339 e. The maximum absolute atomic E-state index is 12.1. The molecule has 0 aromatic heterocycles. The van der Waals surface area contributed by atoms with Crippen LogP contribution in [-0.2, 0) is 9.59 Å². The maximum atomic E-state index is 12.1. The van der Waals surface area contributed by atoms with Gasteiger partial charge >= 0.3 is 0 Å². The van der Waals surface area contributed by atoms with Gasteiger partial charge in [-0.15, -0.1) is 0 Å². The van der Waals surface area contributed by atoms with Crippen molar-refractivity contribution in [3.05, 3.63) is 0 Å². The van der Waals surface area contributed by atoms with Gasteiger partial charge in [-0.3, -0.25) is 14.6 Å². The molecule has 0 aliphatic carbocycles. The van der Waals surface area contributed by atoms with Crippen LogP contribution >= 0.6 is 0 Å². The highest BCUT2D eigenvalue weighted by Crippen LogP contribution is 2.13. The monoisotopic (exact) mass is 721 g/mol. The number of aldehydes is 1. The molecule has 1 fully saturated rings. The Labute approximate surface area is 320 Å². The standard InChI is InChI=1S/C26H53NO.C19H39N3O/c1-3-5-7-9-11-13-15-17-19-21-23-27(25-26-28)24-22-20-18-16-14-12-10-8-6-4-2;1-3-4-5-6-7-8-9-10-11-12-15-21(2)18-19(23)22-16-13-20-14-17-22/h26H,3-25H2,1-2H3;20H,3-18H2,1-2H3. The van der Waals surface area contributed by atoms with E-state index in [4.69, 9.17) is 0 Å². The Bertz CT molecular complexity index is 676. The molecule has 6 nitrogen and oxygen atoms in total. The van der Waals surface area contributed by atoms with Crippen LogP contribution in [0.25, 0.3) is 0 Å². The van der Waals surface area contributed by atoms with Gasteiger partial charge in [0, 0.05) is 26.2 Å². The first-order valence-corrected chi connectivity index (χ1v) is 22.9. The number of unbranched alkanes of at least 4 members (excludes halogenated alkanes) is 27. The predicted octanol–water partition coefficient (Wildman–Crippen LogP) is 11.6. The summed E-state index contributed by atoms with van der Waals surface area (Å²) >= 11 is 0. The average molecular weight is 721 g/mol. The van der Waals surface area contributed by atoms with Crippen molar-refractivity contribution in [3.8, 4) is 0 Å². The van der Waals surface area contributed by atoms with E-state index in [1.54, 1.807) is 0 Å². The number of rotatable bonds is 37. The molecule has 1 N–H and O–H groups in total. The van der Waals surface area contributed by atoms with Gasteiger partial charge in [0.05, 0.1) is 13.1 Å². The Balaban J connectivity index is 0.000000998. The fraction of sp³-hybridized carbons (Fsp3) is 0.956. The van der Waals surface area contributed by atoms with E-state index in [1.807, 2.05) is 4.90 Å². The van der Waals surface area contributed by atoms with Crippen LogP contribution < -0.4 is 5.32 Å². The van der Waals surface area contributed by atoms with Crippen molar-refractivity contribution in [1.29, 1.82) is 0 Å². The molecular weight excluding hydrogens is 629 g/mol. The molecule has 51 heavy (non-hydrogen) atoms. The third-order valence-corrected chi connectivity index (χ3v) is 10.8. The summed E-state index contributed by atoms with van der Waals surface area (Å²) in [6.07, 6.45) is 42.4. The molecule has 1 saturated heterocycles. The summed E-state index contributed by atoms with van der Waals surface area (Å²) in [5, 5.41) is 3.29. The second kappa shape index (κ2) is 41.8. The van der Waals surface area contributed by atoms with Crippen LogP contribution in [0.3, 0.4) is 0 Å². The molecule has 1 aliphatic heterocycles. The molecule has 0 atom stereocenters. The van der Waals surface area contributed by atoms with Crippen LogP contribution in [0.2, 0.25) is 0 Å². The van der Waals surface area contributed by atoms with E-state index in [0.29, 0.717) is 19.0 Å². The zero-order chi connectivity index (χ0) is 37.3. The quantitative estimate of drug-likeness (QED) is 0.0511. The Morgan fingerprint density at radius 2 is 0.824 bits per heavy atom. The summed E-state index contributed by atoms with van der Waals surface area (Å²) in [6.45, 7) is 14.9. The van der Waals surface area contributed by atoms with Crippen molar-refractivity contribution >= 4 is 12.2 Å². The molecule has 1 rings (SSSR count). The molecule has 0 aromatic carbocycles. The molecule has 0 aromatic rings. The molecule has 6 heteroatoms. The fourth-order valence-corrected chi connectivity index (χ4v) is 7.24. The van der Waals surface area contributed by atoms with Gasteiger partial charge in [0.15, 0.2) is 0 Å². The molecular formula is C45H92N4O2. The summed E-state index contributed by atoms with van der Waals surface area (Å²) in [4.78, 5) is 29.6. The second-order valence-corrected chi connectivity index (χ2v) is 15.9. The van der Waals surface area contributed by atoms with Crippen LogP contribution in [0.15, 0.2) is 0 Å². The van der Waals surface area contributed by atoms with Crippen molar-refractivity contribution in [1.82, 2.24) is 20.0 Å². The van der Waals surface area contributed by atoms with E-state index >= 15 is 0 Å². The van der Waals surface area contributed by atoms with Crippen LogP contribution in [0.5, 0.6) is 0 Å². The SMILES string of the molecule is CCCCCCCCCCCCN(C)CC(=O)N1CCNCC1.CCCCCCCCCCCCN(CC=O)CCCCCCCCCCCC. The van der Waals surface area contributed by atoms with Crippen molar-refractivity contribution in [2.24, 2.45) is 0 Å². The molecule has 1 amide bonds. The van der Waals surface area contributed by atoms with E-state index in [0.717, 1.165) is 52.1 Å². The first-order valence-electron chi connectivity index (χ1n) is 22.9. The van der Waals surface area contributed by atoms with Gasteiger partial charge in [-0.05, 0) is 45.9 Å². The summed E-state index contributed by atoms with van der Waals surface area (Å²) in [7, 11) is 2.08. The lowest BCUT2D eigenvalue weighted by Gasteiger charge is -2.29. The number of nitrogens with one attached hydrogen (secondary N) is 1. The van der Waals surface area contributed by atoms with Crippen molar-refractivity contribution in [3.63, 3.8) is 0 Å². The lowest BCUT2D eigenvalue weighted by atomic mass is 10.1. The zero-order valence-electron chi connectivity index (χ0n) is 35.3. The number of hydrogen-bond donors (Lipinski definition) is 1. The molecule has 304 valence electrons. The lowest BCUT2D eigenvalue weighted by Crippen LogP contribution is -2.49. The number of nitrogens with zero attached hydrogens (tertiary/aromatic N) is 3. The first-order chi connectivity index (χ1) is 25.1. The fourth-order valence-electron chi connectivity index (χ4n) is 7.24. The van der Waals surface area contributed by atoms with Gasteiger partial charge < -0.3 is 15.0 Å². The third-order valence-electron chi connectivity index (χ3n) is 10.8. The van der Waals surface area contributed by atoms with Crippen LogP contribution in [0.4, 0.5) is 0 Å². The molecule has 0 spiro atoms. The van der Waals surface area contributed by atoms with Crippen molar-refractivity contribution < 1.29 is 9.59 Å². The summed E-state index contributed by atoms with van der Waals surface area (Å²) in [5.41, 5.74) is 0. The average Bonchev–Trinajstić information content (AvgIpc) is 3.14. The molecule has 0 unspecified atom stereocenters. The largest absolute Gasteiger partial charge is 0.339 e. The smallest absolute Gasteiger partial charge is 0.236 e. The number of piperazine rings is 1. The van der Waals surface area contributed by atoms with Gasteiger partial charge in [0.2, 0.25) is 5.91 Å². The van der Waals surface area contributed by atoms with Gasteiger partial charge in [-0.1, -0.05) is 194 Å². The molecule has 1 aliphatic rings. The number of amides is 1. The van der Waals surface area contributed by atoms with Gasteiger partial charge in [-0.2, -0.15) is 0 Å². The Hall–Kier alpha value is -0.980. The number of carbonyl (C=O) groups is 2. The highest BCUT2D eigenvalue weighted by molar-refractivity contribution is 5.78. The van der Waals surface area contributed by atoms with Gasteiger partial charge in [0.1, 0.15) is 6.29 Å². The lowest BCUT2D eigenvalue weighted by molar-refractivity contribution is -0.132. The summed E-state index contributed by atoms with van der Waals surface area (Å²) < 4.78 is 0. The highest BCUT2D eigenvalue weighted by Gasteiger charge is 2.17. The van der Waals surface area contributed by atoms with Gasteiger partial charge in [0.25, 0.3) is 0 Å². The Morgan fingerprint density at radius 3 is 1.16 bits per heavy atom. The van der Waals surface area contributed by atoms with Crippen LogP contribution in [-0.4, -0.2) is 92.8 Å². The first kappa shape index (κ1) is 50.0. The molecule has 1 heterocycles. The Morgan fingerprint density at radius 1 is 0.510 bits per heavy atom. The van der Waals surface area contributed by atoms with Gasteiger partial charge in [-0.25, -0.2) is 0 Å². The number of likely N-dealkylation sites (N-methyl/N-ethyl adjacent to an activating group) is 1. The molecule has 0 bridgehead atoms. The van der Waals surface area contributed by atoms with Crippen LogP contribution in [0, 0.1) is 0 Å². The van der Waals surface area contributed by atoms with E-state index in [9.17, 15) is 9.59 Å². The number of hydrogen-bond acceptors (Lipinski definition) is 5. The van der Waals surface area contributed by atoms with Crippen LogP contribution in [0.1, 0.15) is 213 Å². The highest BCUT2D eigenvalue weighted by atomic mass is 16.2. The Kier molecular flexibility index (Phi) is 41.0. The van der Waals surface area contributed by atoms with Crippen molar-refractivity contribution in [2.45, 2.75) is 213 Å². The third kappa shape index (κ3) is 37.1. The minimum atomic E-state index is 0.293. The minimum absolute atomic E-state index is 0.293. The van der Waals surface area contributed by atoms with E-state index in [2.05, 4.69) is 42.9 Å². The summed E-state index contributed by atoms with van der Waals surface area (Å²) in [6, 6.07) is 0. The zero-order valence-corrected chi connectivity index (χ0v) is 35.3. The molecule has 0 radical (unpaired) electrons. The molecule has 0 saturated carbocycles. The topological polar surface area (TPSA) is 55.9 Å². The summed E-state index contributed by atoms with van der Waals surface area (Å²) in [5.74, 6) is 0.293. The second-order valence-electron chi connectivity index (χ2n) is 15.9. The predicted molar refractivity (Wildman–Crippen MR) is 225 cm³/mol. The van der Waals surface area contributed by atoms with E-state index in [1.165, 1.54) is 193 Å². The van der Waals surface area contributed by atoms with E-state index in [-0.39, 0.29) is 0 Å². The van der Waals surface area contributed by atoms with E-state index < -0.39 is 0 Å². The van der Waals surface area contributed by atoms with Crippen molar-refractivity contribution in [2.75, 3.05) is 66.0 Å².